The fraction of sp³-hybridized carbons (Fsp3) is 0.167. The molecule has 0 radical (unpaired) electrons. The lowest BCUT2D eigenvalue weighted by Crippen LogP contribution is -2.24. The average molecular weight is 377 g/mol. The Hall–Kier alpha value is -3.06. The largest absolute Gasteiger partial charge is 0.497 e. The van der Waals surface area contributed by atoms with E-state index in [2.05, 4.69) is 10.5 Å². The molecule has 0 aliphatic rings. The van der Waals surface area contributed by atoms with Crippen molar-refractivity contribution in [3.63, 3.8) is 0 Å². The Kier molecular flexibility index (Phi) is 6.99. The Balaban J connectivity index is 1.94. The van der Waals surface area contributed by atoms with Gasteiger partial charge in [0.25, 0.3) is 5.91 Å². The maximum atomic E-state index is 11.8. The first kappa shape index (κ1) is 19.3. The summed E-state index contributed by atoms with van der Waals surface area (Å²) >= 11 is 5.77. The van der Waals surface area contributed by atoms with Crippen LogP contribution in [-0.4, -0.2) is 31.8 Å². The molecule has 0 aromatic heterocycles. The van der Waals surface area contributed by atoms with E-state index in [0.717, 1.165) is 0 Å². The van der Waals surface area contributed by atoms with Gasteiger partial charge in [0.1, 0.15) is 17.2 Å². The van der Waals surface area contributed by atoms with E-state index in [1.807, 2.05) is 0 Å². The van der Waals surface area contributed by atoms with Gasteiger partial charge in [-0.25, -0.2) is 5.43 Å². The van der Waals surface area contributed by atoms with Gasteiger partial charge in [0.05, 0.1) is 13.3 Å². The molecule has 0 unspecified atom stereocenters. The summed E-state index contributed by atoms with van der Waals surface area (Å²) in [6.45, 7) is 1.08. The summed E-state index contributed by atoms with van der Waals surface area (Å²) in [5.74, 6) is 0.449. The molecule has 0 heterocycles. The number of carbonyl (C=O) groups excluding carboxylic acids is 2. The third kappa shape index (κ3) is 6.10. The van der Waals surface area contributed by atoms with E-state index in [9.17, 15) is 9.59 Å². The van der Waals surface area contributed by atoms with Gasteiger partial charge in [-0.3, -0.25) is 9.59 Å². The fourth-order valence-electron chi connectivity index (χ4n) is 1.89. The predicted molar refractivity (Wildman–Crippen MR) is 97.0 cm³/mol. The molecule has 1 N–H and O–H groups in total. The molecule has 0 spiro atoms. The zero-order chi connectivity index (χ0) is 18.9. The van der Waals surface area contributed by atoms with Crippen molar-refractivity contribution < 1.29 is 23.8 Å². The van der Waals surface area contributed by atoms with E-state index in [0.29, 0.717) is 27.8 Å². The molecule has 2 aromatic carbocycles. The van der Waals surface area contributed by atoms with Crippen molar-refractivity contribution in [2.24, 2.45) is 5.10 Å². The van der Waals surface area contributed by atoms with Crippen molar-refractivity contribution in [1.29, 1.82) is 0 Å². The molecule has 0 bridgehead atoms. The number of amides is 1. The lowest BCUT2D eigenvalue weighted by Gasteiger charge is -2.08. The summed E-state index contributed by atoms with van der Waals surface area (Å²) in [6.07, 6.45) is 1.35. The van der Waals surface area contributed by atoms with Crippen molar-refractivity contribution in [1.82, 2.24) is 5.43 Å². The van der Waals surface area contributed by atoms with Crippen LogP contribution in [0.4, 0.5) is 0 Å². The highest BCUT2D eigenvalue weighted by atomic mass is 35.5. The molecule has 26 heavy (non-hydrogen) atoms. The van der Waals surface area contributed by atoms with Crippen LogP contribution in [-0.2, 0) is 9.59 Å². The highest BCUT2D eigenvalue weighted by molar-refractivity contribution is 6.30. The third-order valence-electron chi connectivity index (χ3n) is 3.05. The predicted octanol–water partition coefficient (Wildman–Crippen LogP) is 2.80. The first-order valence-corrected chi connectivity index (χ1v) is 7.92. The SMILES string of the molecule is COc1ccc(OC(C)=O)c(/C=N/NC(=O)COc2ccc(Cl)cc2)c1. The summed E-state index contributed by atoms with van der Waals surface area (Å²) in [6, 6.07) is 11.5. The molecule has 0 aliphatic heterocycles. The molecule has 0 atom stereocenters. The van der Waals surface area contributed by atoms with Gasteiger partial charge in [-0.2, -0.15) is 5.10 Å². The number of methoxy groups -OCH3 is 1. The first-order chi connectivity index (χ1) is 12.5. The number of hydrogen-bond donors (Lipinski definition) is 1. The molecule has 1 amide bonds. The molecular weight excluding hydrogens is 360 g/mol. The number of carbonyl (C=O) groups is 2. The second-order valence-corrected chi connectivity index (χ2v) is 5.47. The summed E-state index contributed by atoms with van der Waals surface area (Å²) < 4.78 is 15.5. The number of halogens is 1. The Morgan fingerprint density at radius 1 is 1.15 bits per heavy atom. The zero-order valence-electron chi connectivity index (χ0n) is 14.2. The van der Waals surface area contributed by atoms with Crippen LogP contribution in [0.25, 0.3) is 0 Å². The van der Waals surface area contributed by atoms with Crippen molar-refractivity contribution in [2.75, 3.05) is 13.7 Å². The van der Waals surface area contributed by atoms with E-state index in [1.54, 1.807) is 42.5 Å². The smallest absolute Gasteiger partial charge is 0.308 e. The standard InChI is InChI=1S/C18H17ClN2O5/c1-12(22)26-17-8-7-16(24-2)9-13(17)10-20-21-18(23)11-25-15-5-3-14(19)4-6-15/h3-10H,11H2,1-2H3,(H,21,23)/b20-10+. The van der Waals surface area contributed by atoms with Crippen LogP contribution in [0.5, 0.6) is 17.2 Å². The van der Waals surface area contributed by atoms with E-state index >= 15 is 0 Å². The Morgan fingerprint density at radius 3 is 2.50 bits per heavy atom. The monoisotopic (exact) mass is 376 g/mol. The van der Waals surface area contributed by atoms with Crippen LogP contribution in [0.3, 0.4) is 0 Å². The van der Waals surface area contributed by atoms with E-state index in [1.165, 1.54) is 20.2 Å². The van der Waals surface area contributed by atoms with Crippen LogP contribution in [0, 0.1) is 0 Å². The van der Waals surface area contributed by atoms with E-state index in [-0.39, 0.29) is 6.61 Å². The maximum absolute atomic E-state index is 11.8. The topological polar surface area (TPSA) is 86.2 Å². The van der Waals surface area contributed by atoms with Crippen LogP contribution in [0.1, 0.15) is 12.5 Å². The van der Waals surface area contributed by atoms with E-state index < -0.39 is 11.9 Å². The second kappa shape index (κ2) is 9.43. The Bertz CT molecular complexity index is 806. The van der Waals surface area contributed by atoms with Gasteiger partial charge in [0.2, 0.25) is 0 Å². The second-order valence-electron chi connectivity index (χ2n) is 5.03. The minimum atomic E-state index is -0.467. The van der Waals surface area contributed by atoms with Crippen molar-refractivity contribution in [2.45, 2.75) is 6.92 Å². The summed E-state index contributed by atoms with van der Waals surface area (Å²) in [5, 5.41) is 4.42. The minimum absolute atomic E-state index is 0.214. The normalized spacial score (nSPS) is 10.4. The molecule has 2 aromatic rings. The number of nitrogens with one attached hydrogen (secondary N) is 1. The lowest BCUT2D eigenvalue weighted by atomic mass is 10.2. The van der Waals surface area contributed by atoms with Gasteiger partial charge in [0.15, 0.2) is 6.61 Å². The quantitative estimate of drug-likeness (QED) is 0.347. The summed E-state index contributed by atoms with van der Waals surface area (Å²) in [5.41, 5.74) is 2.80. The Labute approximate surface area is 155 Å². The molecule has 0 fully saturated rings. The highest BCUT2D eigenvalue weighted by Crippen LogP contribution is 2.23. The first-order valence-electron chi connectivity index (χ1n) is 7.54. The minimum Gasteiger partial charge on any atom is -0.497 e. The lowest BCUT2D eigenvalue weighted by molar-refractivity contribution is -0.132. The fourth-order valence-corrected chi connectivity index (χ4v) is 2.01. The highest BCUT2D eigenvalue weighted by Gasteiger charge is 2.07. The van der Waals surface area contributed by atoms with Crippen molar-refractivity contribution in [3.8, 4) is 17.2 Å². The average Bonchev–Trinajstić information content (AvgIpc) is 2.62. The molecule has 136 valence electrons. The molecular formula is C18H17ClN2O5. The molecule has 7 nitrogen and oxygen atoms in total. The number of hydrazone groups is 1. The number of nitrogens with zero attached hydrogens (tertiary/aromatic N) is 1. The summed E-state index contributed by atoms with van der Waals surface area (Å²) in [4.78, 5) is 22.9. The number of hydrogen-bond acceptors (Lipinski definition) is 6. The van der Waals surface area contributed by atoms with Crippen molar-refractivity contribution >= 4 is 29.7 Å². The molecule has 0 saturated heterocycles. The maximum Gasteiger partial charge on any atom is 0.308 e. The van der Waals surface area contributed by atoms with Crippen molar-refractivity contribution in [3.05, 3.63) is 53.1 Å². The van der Waals surface area contributed by atoms with Gasteiger partial charge in [-0.05, 0) is 42.5 Å². The zero-order valence-corrected chi connectivity index (χ0v) is 14.9. The summed E-state index contributed by atoms with van der Waals surface area (Å²) in [7, 11) is 1.51. The van der Waals surface area contributed by atoms with Crippen LogP contribution in [0.15, 0.2) is 47.6 Å². The Morgan fingerprint density at radius 2 is 1.85 bits per heavy atom. The number of benzene rings is 2. The van der Waals surface area contributed by atoms with Crippen LogP contribution >= 0.6 is 11.6 Å². The molecule has 0 saturated carbocycles. The van der Waals surface area contributed by atoms with Crippen LogP contribution in [0.2, 0.25) is 5.02 Å². The van der Waals surface area contributed by atoms with Gasteiger partial charge in [-0.1, -0.05) is 11.6 Å². The van der Waals surface area contributed by atoms with Crippen LogP contribution < -0.4 is 19.6 Å². The number of ether oxygens (including phenoxy) is 3. The van der Waals surface area contributed by atoms with E-state index in [4.69, 9.17) is 25.8 Å². The number of esters is 1. The third-order valence-corrected chi connectivity index (χ3v) is 3.30. The van der Waals surface area contributed by atoms with Gasteiger partial charge in [0, 0.05) is 17.5 Å². The van der Waals surface area contributed by atoms with Gasteiger partial charge >= 0.3 is 5.97 Å². The number of rotatable bonds is 7. The molecule has 2 rings (SSSR count). The van der Waals surface area contributed by atoms with Gasteiger partial charge < -0.3 is 14.2 Å². The van der Waals surface area contributed by atoms with Gasteiger partial charge in [-0.15, -0.1) is 0 Å². The molecule has 0 aliphatic carbocycles. The molecule has 8 heteroatoms.